The monoisotopic (exact) mass is 310 g/mol. The quantitative estimate of drug-likeness (QED) is 0.944. The predicted molar refractivity (Wildman–Crippen MR) is 90.1 cm³/mol. The molecule has 4 nitrogen and oxygen atoms in total. The molecular weight excluding hydrogens is 288 g/mol. The van der Waals surface area contributed by atoms with E-state index in [0.29, 0.717) is 13.2 Å². The largest absolute Gasteiger partial charge is 0.383 e. The lowest BCUT2D eigenvalue weighted by Gasteiger charge is -2.29. The summed E-state index contributed by atoms with van der Waals surface area (Å²) in [6.45, 7) is 1.88. The van der Waals surface area contributed by atoms with E-state index in [1.54, 1.807) is 7.11 Å². The lowest BCUT2D eigenvalue weighted by atomic mass is 9.95. The van der Waals surface area contributed by atoms with Crippen LogP contribution in [0.1, 0.15) is 33.1 Å². The van der Waals surface area contributed by atoms with Gasteiger partial charge in [-0.3, -0.25) is 4.79 Å². The van der Waals surface area contributed by atoms with Gasteiger partial charge in [-0.25, -0.2) is 0 Å². The number of hydrogen-bond acceptors (Lipinski definition) is 3. The Labute approximate surface area is 136 Å². The lowest BCUT2D eigenvalue weighted by Crippen LogP contribution is -2.36. The fraction of sp³-hybridized carbons (Fsp3) is 0.316. The van der Waals surface area contributed by atoms with Crippen molar-refractivity contribution >= 4 is 5.91 Å². The van der Waals surface area contributed by atoms with Gasteiger partial charge in [0.2, 0.25) is 0 Å². The Morgan fingerprint density at radius 3 is 2.74 bits per heavy atom. The maximum Gasteiger partial charge on any atom is 0.254 e. The highest BCUT2D eigenvalue weighted by molar-refractivity contribution is 5.94. The topological polar surface area (TPSA) is 55.6 Å². The Balaban J connectivity index is 1.79. The van der Waals surface area contributed by atoms with Gasteiger partial charge in [0.25, 0.3) is 5.91 Å². The van der Waals surface area contributed by atoms with Gasteiger partial charge in [0.15, 0.2) is 0 Å². The van der Waals surface area contributed by atoms with Crippen molar-refractivity contribution in [3.05, 3.63) is 70.8 Å². The van der Waals surface area contributed by atoms with E-state index in [1.165, 1.54) is 11.1 Å². The summed E-state index contributed by atoms with van der Waals surface area (Å²) in [5.74, 6) is 0.0860. The van der Waals surface area contributed by atoms with Crippen LogP contribution < -0.4 is 5.73 Å². The van der Waals surface area contributed by atoms with E-state index in [2.05, 4.69) is 18.2 Å². The van der Waals surface area contributed by atoms with E-state index in [4.69, 9.17) is 10.5 Å². The normalized spacial score (nSPS) is 15.1. The Morgan fingerprint density at radius 1 is 1.22 bits per heavy atom. The molecule has 2 aromatic rings. The Hall–Kier alpha value is -2.17. The van der Waals surface area contributed by atoms with Gasteiger partial charge < -0.3 is 15.4 Å². The maximum atomic E-state index is 12.6. The molecule has 1 aliphatic rings. The van der Waals surface area contributed by atoms with Crippen molar-refractivity contribution in [3.63, 3.8) is 0 Å². The molecule has 120 valence electrons. The predicted octanol–water partition coefficient (Wildman–Crippen LogP) is 2.53. The number of carbonyl (C=O) groups excluding carboxylic acids is 1. The maximum absolute atomic E-state index is 12.6. The highest BCUT2D eigenvalue weighted by Gasteiger charge is 2.22. The molecule has 1 atom stereocenters. The first-order valence-electron chi connectivity index (χ1n) is 7.89. The molecule has 4 heteroatoms. The van der Waals surface area contributed by atoms with Crippen molar-refractivity contribution in [2.75, 3.05) is 20.3 Å². The SMILES string of the molecule is COCC(N)c1ccc2c(c1)CN(C(=O)c1ccccc1)CC2. The van der Waals surface area contributed by atoms with Crippen molar-refractivity contribution in [2.24, 2.45) is 5.73 Å². The molecule has 0 saturated carbocycles. The number of nitrogens with two attached hydrogens (primary N) is 1. The lowest BCUT2D eigenvalue weighted by molar-refractivity contribution is 0.0734. The van der Waals surface area contributed by atoms with Crippen LogP contribution in [0, 0.1) is 0 Å². The molecule has 2 N–H and O–H groups in total. The molecule has 0 spiro atoms. The first-order chi connectivity index (χ1) is 11.2. The smallest absolute Gasteiger partial charge is 0.254 e. The summed E-state index contributed by atoms with van der Waals surface area (Å²) in [6, 6.07) is 15.6. The number of carbonyl (C=O) groups is 1. The van der Waals surface area contributed by atoms with Crippen molar-refractivity contribution in [2.45, 2.75) is 19.0 Å². The molecule has 1 amide bonds. The van der Waals surface area contributed by atoms with Crippen LogP contribution in [0.5, 0.6) is 0 Å². The van der Waals surface area contributed by atoms with Gasteiger partial charge in [-0.2, -0.15) is 0 Å². The fourth-order valence-electron chi connectivity index (χ4n) is 3.02. The average Bonchev–Trinajstić information content (AvgIpc) is 2.61. The van der Waals surface area contributed by atoms with Crippen molar-refractivity contribution in [1.82, 2.24) is 4.90 Å². The van der Waals surface area contributed by atoms with Gasteiger partial charge >= 0.3 is 0 Å². The second-order valence-electron chi connectivity index (χ2n) is 5.93. The van der Waals surface area contributed by atoms with E-state index in [0.717, 1.165) is 24.1 Å². The van der Waals surface area contributed by atoms with Gasteiger partial charge in [0, 0.05) is 25.8 Å². The van der Waals surface area contributed by atoms with Gasteiger partial charge in [-0.1, -0.05) is 36.4 Å². The first-order valence-corrected chi connectivity index (χ1v) is 7.89. The molecule has 0 saturated heterocycles. The summed E-state index contributed by atoms with van der Waals surface area (Å²) in [5, 5.41) is 0. The van der Waals surface area contributed by atoms with Gasteiger partial charge in [0.1, 0.15) is 0 Å². The minimum atomic E-state index is -0.134. The molecule has 1 aliphatic heterocycles. The van der Waals surface area contributed by atoms with Crippen LogP contribution in [0.2, 0.25) is 0 Å². The fourth-order valence-corrected chi connectivity index (χ4v) is 3.02. The van der Waals surface area contributed by atoms with E-state index in [1.807, 2.05) is 35.2 Å². The van der Waals surface area contributed by atoms with E-state index < -0.39 is 0 Å². The average molecular weight is 310 g/mol. The number of rotatable bonds is 4. The second kappa shape index (κ2) is 6.94. The van der Waals surface area contributed by atoms with Crippen LogP contribution in [-0.4, -0.2) is 31.1 Å². The summed E-state index contributed by atoms with van der Waals surface area (Å²) in [7, 11) is 1.65. The van der Waals surface area contributed by atoms with Crippen LogP contribution in [0.4, 0.5) is 0 Å². The Morgan fingerprint density at radius 2 is 2.00 bits per heavy atom. The minimum absolute atomic E-state index is 0.0860. The molecule has 1 unspecified atom stereocenters. The summed E-state index contributed by atoms with van der Waals surface area (Å²) in [5.41, 5.74) is 10.4. The number of amides is 1. The number of benzene rings is 2. The molecule has 0 radical (unpaired) electrons. The molecule has 0 bridgehead atoms. The molecule has 0 aliphatic carbocycles. The number of hydrogen-bond donors (Lipinski definition) is 1. The van der Waals surface area contributed by atoms with Gasteiger partial charge in [-0.05, 0) is 35.2 Å². The Bertz CT molecular complexity index is 685. The molecule has 23 heavy (non-hydrogen) atoms. The number of nitrogens with zero attached hydrogens (tertiary/aromatic N) is 1. The van der Waals surface area contributed by atoms with Crippen LogP contribution >= 0.6 is 0 Å². The molecule has 0 aromatic heterocycles. The summed E-state index contributed by atoms with van der Waals surface area (Å²) < 4.78 is 5.13. The summed E-state index contributed by atoms with van der Waals surface area (Å²) in [4.78, 5) is 14.5. The van der Waals surface area contributed by atoms with Gasteiger partial charge in [0.05, 0.1) is 12.6 Å². The van der Waals surface area contributed by atoms with Gasteiger partial charge in [-0.15, -0.1) is 0 Å². The Kier molecular flexibility index (Phi) is 4.74. The third-order valence-electron chi connectivity index (χ3n) is 4.32. The standard InChI is InChI=1S/C19H22N2O2/c1-23-13-18(20)16-8-7-14-9-10-21(12-17(14)11-16)19(22)15-5-3-2-4-6-15/h2-8,11,18H,9-10,12-13,20H2,1H3. The molecule has 3 rings (SSSR count). The zero-order valence-corrected chi connectivity index (χ0v) is 13.4. The van der Waals surface area contributed by atoms with Crippen molar-refractivity contribution in [3.8, 4) is 0 Å². The molecule has 2 aromatic carbocycles. The van der Waals surface area contributed by atoms with Crippen LogP contribution in [0.3, 0.4) is 0 Å². The zero-order valence-electron chi connectivity index (χ0n) is 13.4. The van der Waals surface area contributed by atoms with E-state index >= 15 is 0 Å². The number of ether oxygens (including phenoxy) is 1. The zero-order chi connectivity index (χ0) is 16.2. The highest BCUT2D eigenvalue weighted by Crippen LogP contribution is 2.24. The van der Waals surface area contributed by atoms with E-state index in [9.17, 15) is 4.79 Å². The highest BCUT2D eigenvalue weighted by atomic mass is 16.5. The third-order valence-corrected chi connectivity index (χ3v) is 4.32. The van der Waals surface area contributed by atoms with Crippen molar-refractivity contribution < 1.29 is 9.53 Å². The second-order valence-corrected chi connectivity index (χ2v) is 5.93. The van der Waals surface area contributed by atoms with Crippen LogP contribution in [0.25, 0.3) is 0 Å². The molecule has 1 heterocycles. The van der Waals surface area contributed by atoms with E-state index in [-0.39, 0.29) is 11.9 Å². The van der Waals surface area contributed by atoms with Crippen LogP contribution in [0.15, 0.2) is 48.5 Å². The summed E-state index contributed by atoms with van der Waals surface area (Å²) >= 11 is 0. The van der Waals surface area contributed by atoms with Crippen molar-refractivity contribution in [1.29, 1.82) is 0 Å². The molecule has 0 fully saturated rings. The minimum Gasteiger partial charge on any atom is -0.383 e. The summed E-state index contributed by atoms with van der Waals surface area (Å²) in [6.07, 6.45) is 0.883. The third kappa shape index (κ3) is 3.44. The number of fused-ring (bicyclic) bond motifs is 1. The number of methoxy groups -OCH3 is 1. The van der Waals surface area contributed by atoms with Crippen LogP contribution in [-0.2, 0) is 17.7 Å². The molecular formula is C19H22N2O2. The first kappa shape index (κ1) is 15.7.